The van der Waals surface area contributed by atoms with Crippen molar-refractivity contribution in [3.05, 3.63) is 54.0 Å². The summed E-state index contributed by atoms with van der Waals surface area (Å²) in [6, 6.07) is 12.8. The van der Waals surface area contributed by atoms with Gasteiger partial charge in [0.05, 0.1) is 37.1 Å². The molecule has 1 aliphatic heterocycles. The van der Waals surface area contributed by atoms with Crippen molar-refractivity contribution in [2.45, 2.75) is 25.5 Å². The lowest BCUT2D eigenvalue weighted by Gasteiger charge is -2.25. The molecular formula is C19H21N3O3. The molecule has 0 spiro atoms. The standard InChI is InChI=1S/C19H21N3O3/c20-11-15-5-7-16(8-6-15)21-12-19(23)22(13-17-3-1-9-24-17)14-18-4-2-10-25-18/h1,3,5-9,18,21H,2,4,10,12-14H2. The molecular weight excluding hydrogens is 318 g/mol. The molecule has 1 aromatic carbocycles. The Hall–Kier alpha value is -2.78. The summed E-state index contributed by atoms with van der Waals surface area (Å²) in [5, 5.41) is 11.9. The number of hydrogen-bond acceptors (Lipinski definition) is 5. The van der Waals surface area contributed by atoms with Gasteiger partial charge in [-0.1, -0.05) is 0 Å². The molecule has 0 aliphatic carbocycles. The van der Waals surface area contributed by atoms with Crippen molar-refractivity contribution in [2.24, 2.45) is 0 Å². The number of ether oxygens (including phenoxy) is 1. The molecule has 1 aliphatic rings. The lowest BCUT2D eigenvalue weighted by atomic mass is 10.2. The van der Waals surface area contributed by atoms with Crippen LogP contribution in [0.3, 0.4) is 0 Å². The zero-order valence-electron chi connectivity index (χ0n) is 14.0. The number of amides is 1. The quantitative estimate of drug-likeness (QED) is 0.839. The second-order valence-corrected chi connectivity index (χ2v) is 6.03. The van der Waals surface area contributed by atoms with Gasteiger partial charge in [0.1, 0.15) is 5.76 Å². The molecule has 0 bridgehead atoms. The predicted octanol–water partition coefficient (Wildman–Crippen LogP) is 2.77. The predicted molar refractivity (Wildman–Crippen MR) is 92.7 cm³/mol. The number of rotatable bonds is 7. The Balaban J connectivity index is 1.59. The number of nitrogens with one attached hydrogen (secondary N) is 1. The van der Waals surface area contributed by atoms with Crippen LogP contribution in [-0.2, 0) is 16.1 Å². The molecule has 1 fully saturated rings. The summed E-state index contributed by atoms with van der Waals surface area (Å²) in [5.41, 5.74) is 1.40. The number of nitriles is 1. The van der Waals surface area contributed by atoms with E-state index in [4.69, 9.17) is 14.4 Å². The SMILES string of the molecule is N#Cc1ccc(NCC(=O)N(Cc2ccco2)CC2CCCO2)cc1. The van der Waals surface area contributed by atoms with Crippen LogP contribution in [0.2, 0.25) is 0 Å². The molecule has 1 unspecified atom stereocenters. The fraction of sp³-hybridized carbons (Fsp3) is 0.368. The van der Waals surface area contributed by atoms with E-state index in [1.54, 1.807) is 35.4 Å². The van der Waals surface area contributed by atoms with Gasteiger partial charge in [0.25, 0.3) is 0 Å². The van der Waals surface area contributed by atoms with Gasteiger partial charge in [0, 0.05) is 18.8 Å². The molecule has 1 amide bonds. The fourth-order valence-corrected chi connectivity index (χ4v) is 2.83. The summed E-state index contributed by atoms with van der Waals surface area (Å²) >= 11 is 0. The van der Waals surface area contributed by atoms with Crippen LogP contribution in [0.4, 0.5) is 5.69 Å². The van der Waals surface area contributed by atoms with E-state index in [-0.39, 0.29) is 18.6 Å². The van der Waals surface area contributed by atoms with Crippen molar-refractivity contribution in [1.29, 1.82) is 5.26 Å². The molecule has 0 radical (unpaired) electrons. The van der Waals surface area contributed by atoms with Crippen molar-refractivity contribution in [3.8, 4) is 6.07 Å². The highest BCUT2D eigenvalue weighted by atomic mass is 16.5. The number of anilines is 1. The smallest absolute Gasteiger partial charge is 0.242 e. The van der Waals surface area contributed by atoms with Gasteiger partial charge in [-0.3, -0.25) is 4.79 Å². The monoisotopic (exact) mass is 339 g/mol. The largest absolute Gasteiger partial charge is 0.467 e. The van der Waals surface area contributed by atoms with Crippen molar-refractivity contribution >= 4 is 11.6 Å². The lowest BCUT2D eigenvalue weighted by molar-refractivity contribution is -0.131. The maximum absolute atomic E-state index is 12.7. The number of carbonyl (C=O) groups is 1. The van der Waals surface area contributed by atoms with Crippen LogP contribution in [-0.4, -0.2) is 36.6 Å². The number of nitrogens with zero attached hydrogens (tertiary/aromatic N) is 2. The highest BCUT2D eigenvalue weighted by molar-refractivity contribution is 5.80. The Bertz CT molecular complexity index is 713. The van der Waals surface area contributed by atoms with Crippen LogP contribution >= 0.6 is 0 Å². The molecule has 25 heavy (non-hydrogen) atoms. The van der Waals surface area contributed by atoms with Gasteiger partial charge in [-0.05, 0) is 49.2 Å². The summed E-state index contributed by atoms with van der Waals surface area (Å²) < 4.78 is 11.0. The van der Waals surface area contributed by atoms with Crippen molar-refractivity contribution in [3.63, 3.8) is 0 Å². The van der Waals surface area contributed by atoms with E-state index in [0.29, 0.717) is 18.7 Å². The Morgan fingerprint density at radius 2 is 2.16 bits per heavy atom. The third-order valence-corrected chi connectivity index (χ3v) is 4.19. The fourth-order valence-electron chi connectivity index (χ4n) is 2.83. The number of furan rings is 1. The van der Waals surface area contributed by atoms with Crippen LogP contribution < -0.4 is 5.32 Å². The first kappa shape index (κ1) is 17.1. The first-order valence-electron chi connectivity index (χ1n) is 8.40. The van der Waals surface area contributed by atoms with E-state index in [1.807, 2.05) is 12.1 Å². The summed E-state index contributed by atoms with van der Waals surface area (Å²) in [4.78, 5) is 14.4. The Morgan fingerprint density at radius 3 is 2.80 bits per heavy atom. The van der Waals surface area contributed by atoms with Crippen molar-refractivity contribution < 1.29 is 13.9 Å². The van der Waals surface area contributed by atoms with Crippen LogP contribution in [0.15, 0.2) is 47.1 Å². The summed E-state index contributed by atoms with van der Waals surface area (Å²) in [6.07, 6.45) is 3.72. The minimum Gasteiger partial charge on any atom is -0.467 e. The van der Waals surface area contributed by atoms with Gasteiger partial charge in [-0.15, -0.1) is 0 Å². The second kappa shape index (κ2) is 8.36. The maximum atomic E-state index is 12.7. The van der Waals surface area contributed by atoms with Crippen LogP contribution in [0, 0.1) is 11.3 Å². The molecule has 2 heterocycles. The third-order valence-electron chi connectivity index (χ3n) is 4.19. The van der Waals surface area contributed by atoms with E-state index in [0.717, 1.165) is 30.9 Å². The molecule has 6 heteroatoms. The summed E-state index contributed by atoms with van der Waals surface area (Å²) in [7, 11) is 0. The van der Waals surface area contributed by atoms with Gasteiger partial charge in [-0.2, -0.15) is 5.26 Å². The van der Waals surface area contributed by atoms with E-state index < -0.39 is 0 Å². The summed E-state index contributed by atoms with van der Waals surface area (Å²) in [6.45, 7) is 1.94. The summed E-state index contributed by atoms with van der Waals surface area (Å²) in [5.74, 6) is 0.737. The Labute approximate surface area is 147 Å². The minimum absolute atomic E-state index is 0.0174. The third kappa shape index (κ3) is 4.85. The van der Waals surface area contributed by atoms with Crippen molar-refractivity contribution in [2.75, 3.05) is 25.0 Å². The molecule has 1 saturated heterocycles. The lowest BCUT2D eigenvalue weighted by Crippen LogP contribution is -2.40. The number of benzene rings is 1. The molecule has 130 valence electrons. The van der Waals surface area contributed by atoms with Gasteiger partial charge in [0.15, 0.2) is 0 Å². The minimum atomic E-state index is -0.0174. The topological polar surface area (TPSA) is 78.5 Å². The van der Waals surface area contributed by atoms with Gasteiger partial charge < -0.3 is 19.4 Å². The second-order valence-electron chi connectivity index (χ2n) is 6.03. The molecule has 1 aromatic heterocycles. The highest BCUT2D eigenvalue weighted by Gasteiger charge is 2.23. The first-order valence-corrected chi connectivity index (χ1v) is 8.40. The normalized spacial score (nSPS) is 16.4. The average molecular weight is 339 g/mol. The van der Waals surface area contributed by atoms with E-state index in [2.05, 4.69) is 11.4 Å². The Kier molecular flexibility index (Phi) is 5.70. The molecule has 3 rings (SSSR count). The van der Waals surface area contributed by atoms with E-state index in [9.17, 15) is 4.79 Å². The van der Waals surface area contributed by atoms with E-state index in [1.165, 1.54) is 0 Å². The molecule has 0 saturated carbocycles. The van der Waals surface area contributed by atoms with E-state index >= 15 is 0 Å². The zero-order chi connectivity index (χ0) is 17.5. The van der Waals surface area contributed by atoms with Gasteiger partial charge >= 0.3 is 0 Å². The maximum Gasteiger partial charge on any atom is 0.242 e. The van der Waals surface area contributed by atoms with Crippen molar-refractivity contribution in [1.82, 2.24) is 4.90 Å². The molecule has 2 aromatic rings. The molecule has 1 atom stereocenters. The average Bonchev–Trinajstić information content (AvgIpc) is 3.33. The number of hydrogen-bond donors (Lipinski definition) is 1. The van der Waals surface area contributed by atoms with Crippen LogP contribution in [0.5, 0.6) is 0 Å². The number of carbonyl (C=O) groups excluding carboxylic acids is 1. The first-order chi connectivity index (χ1) is 12.2. The Morgan fingerprint density at radius 1 is 1.32 bits per heavy atom. The van der Waals surface area contributed by atoms with Crippen LogP contribution in [0.1, 0.15) is 24.2 Å². The van der Waals surface area contributed by atoms with Gasteiger partial charge in [0.2, 0.25) is 5.91 Å². The van der Waals surface area contributed by atoms with Crippen LogP contribution in [0.25, 0.3) is 0 Å². The van der Waals surface area contributed by atoms with Gasteiger partial charge in [-0.25, -0.2) is 0 Å². The molecule has 1 N–H and O–H groups in total. The zero-order valence-corrected chi connectivity index (χ0v) is 14.0. The molecule has 6 nitrogen and oxygen atoms in total. The highest BCUT2D eigenvalue weighted by Crippen LogP contribution is 2.16.